The second-order valence-electron chi connectivity index (χ2n) is 8.48. The summed E-state index contributed by atoms with van der Waals surface area (Å²) < 4.78 is 21.1. The normalized spacial score (nSPS) is 16.7. The van der Waals surface area contributed by atoms with E-state index in [4.69, 9.17) is 4.74 Å². The molecule has 4 rings (SSSR count). The number of nitrogens with zero attached hydrogens (tertiary/aromatic N) is 4. The molecule has 1 aliphatic heterocycles. The van der Waals surface area contributed by atoms with E-state index in [0.717, 1.165) is 18.7 Å². The molecule has 1 aromatic carbocycles. The largest absolute Gasteiger partial charge is 0.379 e. The van der Waals surface area contributed by atoms with Crippen LogP contribution in [0.5, 0.6) is 0 Å². The highest BCUT2D eigenvalue weighted by atomic mass is 19.1. The molecule has 0 amide bonds. The first-order valence-corrected chi connectivity index (χ1v) is 10.1. The number of aromatic amines is 1. The van der Waals surface area contributed by atoms with Gasteiger partial charge < -0.3 is 10.1 Å². The fraction of sp³-hybridized carbons (Fsp3) is 0.476. The lowest BCUT2D eigenvalue weighted by Crippen LogP contribution is -2.41. The van der Waals surface area contributed by atoms with E-state index in [2.05, 4.69) is 25.3 Å². The van der Waals surface area contributed by atoms with Gasteiger partial charge in [0.1, 0.15) is 11.2 Å². The number of hydrogen-bond donors (Lipinski definition) is 2. The number of anilines is 1. The van der Waals surface area contributed by atoms with Crippen molar-refractivity contribution in [1.82, 2.24) is 24.6 Å². The third-order valence-corrected chi connectivity index (χ3v) is 5.26. The van der Waals surface area contributed by atoms with Crippen LogP contribution in [0.15, 0.2) is 35.3 Å². The van der Waals surface area contributed by atoms with Gasteiger partial charge in [0, 0.05) is 19.6 Å². The van der Waals surface area contributed by atoms with E-state index in [1.807, 2.05) is 26.8 Å². The molecule has 0 bridgehead atoms. The van der Waals surface area contributed by atoms with Crippen LogP contribution in [0.1, 0.15) is 32.4 Å². The summed E-state index contributed by atoms with van der Waals surface area (Å²) in [6.45, 7) is 9.26. The van der Waals surface area contributed by atoms with Crippen molar-refractivity contribution in [2.75, 3.05) is 38.2 Å². The quantitative estimate of drug-likeness (QED) is 0.667. The monoisotopic (exact) mass is 414 g/mol. The summed E-state index contributed by atoms with van der Waals surface area (Å²) in [6.07, 6.45) is 1.54. The molecule has 1 atom stereocenters. The van der Waals surface area contributed by atoms with Crippen molar-refractivity contribution in [3.63, 3.8) is 0 Å². The summed E-state index contributed by atoms with van der Waals surface area (Å²) >= 11 is 0. The molecule has 0 aliphatic carbocycles. The van der Waals surface area contributed by atoms with Gasteiger partial charge in [-0.15, -0.1) is 0 Å². The molecular weight excluding hydrogens is 387 g/mol. The van der Waals surface area contributed by atoms with Crippen LogP contribution in [-0.4, -0.2) is 57.5 Å². The Hall–Kier alpha value is -2.78. The molecule has 1 saturated heterocycles. The molecule has 0 radical (unpaired) electrons. The molecule has 2 aromatic heterocycles. The van der Waals surface area contributed by atoms with E-state index in [0.29, 0.717) is 36.7 Å². The Balaban J connectivity index is 1.63. The molecule has 3 heterocycles. The van der Waals surface area contributed by atoms with Gasteiger partial charge in [0.2, 0.25) is 5.95 Å². The molecule has 1 fully saturated rings. The molecule has 1 aliphatic rings. The van der Waals surface area contributed by atoms with Crippen LogP contribution >= 0.6 is 0 Å². The molecule has 9 heteroatoms. The summed E-state index contributed by atoms with van der Waals surface area (Å²) in [6, 6.07) is 6.53. The number of fused-ring (bicyclic) bond motifs is 1. The van der Waals surface area contributed by atoms with Gasteiger partial charge in [0.05, 0.1) is 31.0 Å². The number of ether oxygens (including phenoxy) is 1. The van der Waals surface area contributed by atoms with E-state index in [1.165, 1.54) is 6.07 Å². The Bertz CT molecular complexity index is 1080. The van der Waals surface area contributed by atoms with Crippen molar-refractivity contribution in [3.05, 3.63) is 52.2 Å². The number of rotatable bonds is 5. The van der Waals surface area contributed by atoms with Crippen LogP contribution in [0.4, 0.5) is 10.3 Å². The highest BCUT2D eigenvalue weighted by molar-refractivity contribution is 5.74. The smallest absolute Gasteiger partial charge is 0.263 e. The minimum atomic E-state index is -0.308. The molecular formula is C21H27FN6O2. The van der Waals surface area contributed by atoms with Crippen LogP contribution in [0.2, 0.25) is 0 Å². The number of hydrogen-bond acceptors (Lipinski definition) is 6. The number of halogens is 1. The molecule has 2 N–H and O–H groups in total. The zero-order valence-corrected chi connectivity index (χ0v) is 17.5. The summed E-state index contributed by atoms with van der Waals surface area (Å²) in [5.41, 5.74) is 0.846. The van der Waals surface area contributed by atoms with E-state index < -0.39 is 0 Å². The zero-order chi connectivity index (χ0) is 21.3. The highest BCUT2D eigenvalue weighted by Crippen LogP contribution is 2.24. The molecule has 1 unspecified atom stereocenters. The van der Waals surface area contributed by atoms with Gasteiger partial charge in [-0.05, 0) is 38.5 Å². The van der Waals surface area contributed by atoms with Crippen molar-refractivity contribution in [2.24, 2.45) is 0 Å². The minimum absolute atomic E-state index is 0.0851. The summed E-state index contributed by atoms with van der Waals surface area (Å²) in [5, 5.41) is 8.04. The number of H-pyrrole nitrogens is 1. The summed E-state index contributed by atoms with van der Waals surface area (Å²) in [4.78, 5) is 22.2. The molecule has 30 heavy (non-hydrogen) atoms. The van der Waals surface area contributed by atoms with Gasteiger partial charge >= 0.3 is 0 Å². The standard InChI is InChI=1S/C21H27FN6O2/c1-21(2,3)28-18-16(12-24-28)19(29)26-20(25-18)23-13-17(27-7-9-30-10-8-27)14-5-4-6-15(22)11-14/h4-6,11-12,17H,7-10,13H2,1-3H3,(H2,23,25,26,29). The van der Waals surface area contributed by atoms with Gasteiger partial charge in [-0.3, -0.25) is 14.7 Å². The van der Waals surface area contributed by atoms with E-state index >= 15 is 0 Å². The Morgan fingerprint density at radius 2 is 2.07 bits per heavy atom. The first-order chi connectivity index (χ1) is 14.3. The Kier molecular flexibility index (Phi) is 5.57. The lowest BCUT2D eigenvalue weighted by molar-refractivity contribution is 0.0186. The number of nitrogens with one attached hydrogen (secondary N) is 2. The maximum Gasteiger partial charge on any atom is 0.263 e. The topological polar surface area (TPSA) is 88.1 Å². The third-order valence-electron chi connectivity index (χ3n) is 5.26. The Morgan fingerprint density at radius 1 is 1.30 bits per heavy atom. The average Bonchev–Trinajstić information content (AvgIpc) is 3.14. The van der Waals surface area contributed by atoms with Crippen molar-refractivity contribution in [2.45, 2.75) is 32.4 Å². The molecule has 3 aromatic rings. The van der Waals surface area contributed by atoms with E-state index in [9.17, 15) is 9.18 Å². The second-order valence-corrected chi connectivity index (χ2v) is 8.48. The lowest BCUT2D eigenvalue weighted by Gasteiger charge is -2.35. The second kappa shape index (κ2) is 8.16. The molecule has 160 valence electrons. The predicted molar refractivity (Wildman–Crippen MR) is 113 cm³/mol. The number of morpholine rings is 1. The van der Waals surface area contributed by atoms with Crippen LogP contribution in [0, 0.1) is 5.82 Å². The van der Waals surface area contributed by atoms with Crippen molar-refractivity contribution in [1.29, 1.82) is 0 Å². The van der Waals surface area contributed by atoms with E-state index in [1.54, 1.807) is 23.0 Å². The zero-order valence-electron chi connectivity index (χ0n) is 17.5. The van der Waals surface area contributed by atoms with Crippen LogP contribution in [0.3, 0.4) is 0 Å². The molecule has 0 spiro atoms. The Labute approximate surface area is 174 Å². The van der Waals surface area contributed by atoms with Crippen molar-refractivity contribution < 1.29 is 9.13 Å². The molecule has 8 nitrogen and oxygen atoms in total. The van der Waals surface area contributed by atoms with Gasteiger partial charge in [-0.2, -0.15) is 10.1 Å². The van der Waals surface area contributed by atoms with E-state index in [-0.39, 0.29) is 23.0 Å². The Morgan fingerprint density at radius 3 is 2.77 bits per heavy atom. The van der Waals surface area contributed by atoms with Gasteiger partial charge in [0.15, 0.2) is 5.65 Å². The predicted octanol–water partition coefficient (Wildman–Crippen LogP) is 2.50. The minimum Gasteiger partial charge on any atom is -0.379 e. The maximum atomic E-state index is 13.9. The first kappa shape index (κ1) is 20.5. The van der Waals surface area contributed by atoms with Crippen molar-refractivity contribution >= 4 is 17.0 Å². The van der Waals surface area contributed by atoms with Crippen LogP contribution in [-0.2, 0) is 10.3 Å². The average molecular weight is 414 g/mol. The lowest BCUT2D eigenvalue weighted by atomic mass is 10.0. The highest BCUT2D eigenvalue weighted by Gasteiger charge is 2.24. The fourth-order valence-corrected chi connectivity index (χ4v) is 3.75. The van der Waals surface area contributed by atoms with Gasteiger partial charge in [-0.1, -0.05) is 12.1 Å². The first-order valence-electron chi connectivity index (χ1n) is 10.1. The summed E-state index contributed by atoms with van der Waals surface area (Å²) in [7, 11) is 0. The number of aromatic nitrogens is 4. The number of benzene rings is 1. The van der Waals surface area contributed by atoms with Crippen LogP contribution < -0.4 is 10.9 Å². The molecule has 0 saturated carbocycles. The van der Waals surface area contributed by atoms with Crippen LogP contribution in [0.25, 0.3) is 11.0 Å². The third kappa shape index (κ3) is 4.22. The maximum absolute atomic E-state index is 13.9. The summed E-state index contributed by atoms with van der Waals surface area (Å²) in [5.74, 6) is 0.0981. The fourth-order valence-electron chi connectivity index (χ4n) is 3.75. The SMILES string of the molecule is CC(C)(C)n1ncc2c(=O)[nH]c(NCC(c3cccc(F)c3)N3CCOCC3)nc21. The van der Waals surface area contributed by atoms with Gasteiger partial charge in [-0.25, -0.2) is 9.07 Å². The van der Waals surface area contributed by atoms with Crippen molar-refractivity contribution in [3.8, 4) is 0 Å². The van der Waals surface area contributed by atoms with Gasteiger partial charge in [0.25, 0.3) is 5.56 Å².